The molecule has 2 heterocycles. The lowest BCUT2D eigenvalue weighted by atomic mass is 10.1. The van der Waals surface area contributed by atoms with E-state index in [0.29, 0.717) is 5.69 Å². The molecule has 0 spiro atoms. The quantitative estimate of drug-likeness (QED) is 0.262. The summed E-state index contributed by atoms with van der Waals surface area (Å²) in [5.74, 6) is -5.16. The van der Waals surface area contributed by atoms with E-state index in [9.17, 15) is 32.3 Å². The Morgan fingerprint density at radius 1 is 1.19 bits per heavy atom. The number of amides is 2. The summed E-state index contributed by atoms with van der Waals surface area (Å²) < 4.78 is 80.9. The van der Waals surface area contributed by atoms with Crippen molar-refractivity contribution in [2.45, 2.75) is 25.7 Å². The molecule has 2 N–H and O–H groups in total. The number of carbonyl (C=O) groups excluding carboxylic acids is 2. The predicted octanol–water partition coefficient (Wildman–Crippen LogP) is 4.51. The van der Waals surface area contributed by atoms with Gasteiger partial charge >= 0.3 is 6.18 Å². The SMILES string of the molecule is Cc1cc(CN(CC(Oc2ccc(F)c(C(N)=O)c2F)c2nc(-c3ccc(C(F)(F)F)cc3)c(Br)o2)C(=O)[O-])nn1C. The smallest absolute Gasteiger partial charge is 0.416 e. The Bertz CT molecular complexity index is 1620. The number of aryl methyl sites for hydroxylation is 2. The summed E-state index contributed by atoms with van der Waals surface area (Å²) in [6.07, 6.45) is -7.79. The van der Waals surface area contributed by atoms with Crippen LogP contribution in [0.1, 0.15) is 39.3 Å². The number of rotatable bonds is 9. The fourth-order valence-electron chi connectivity index (χ4n) is 3.93. The Kier molecular flexibility index (Phi) is 8.56. The first-order valence-corrected chi connectivity index (χ1v) is 12.7. The van der Waals surface area contributed by atoms with Crippen molar-refractivity contribution < 1.29 is 45.8 Å². The first kappa shape index (κ1) is 30.5. The van der Waals surface area contributed by atoms with Gasteiger partial charge in [-0.25, -0.2) is 13.8 Å². The van der Waals surface area contributed by atoms with Gasteiger partial charge in [0.25, 0.3) is 5.91 Å². The molecule has 1 unspecified atom stereocenters. The zero-order valence-corrected chi connectivity index (χ0v) is 23.3. The first-order chi connectivity index (χ1) is 19.6. The minimum absolute atomic E-state index is 0.0186. The van der Waals surface area contributed by atoms with Crippen molar-refractivity contribution in [1.29, 1.82) is 0 Å². The number of hydrogen-bond acceptors (Lipinski definition) is 7. The van der Waals surface area contributed by atoms with Gasteiger partial charge in [-0.15, -0.1) is 0 Å². The van der Waals surface area contributed by atoms with Gasteiger partial charge in [0.05, 0.1) is 24.3 Å². The summed E-state index contributed by atoms with van der Waals surface area (Å²) >= 11 is 3.13. The third-order valence-corrected chi connectivity index (χ3v) is 6.63. The second-order valence-electron chi connectivity index (χ2n) is 9.00. The molecule has 4 aromatic rings. The molecule has 0 aliphatic rings. The standard InChI is InChI=1S/C26H21BrF5N5O5/c1-12-9-15(35-36(12)2)10-37(25(39)40)11-18(41-17-8-7-16(28)19(20(17)29)23(33)38)24-34-21(22(27)42-24)13-3-5-14(6-4-13)26(30,31)32/h3-9,18H,10-11H2,1-2H3,(H2,33,38)(H,39,40)/p-1. The molecule has 4 rings (SSSR count). The van der Waals surface area contributed by atoms with Crippen molar-refractivity contribution in [2.24, 2.45) is 12.8 Å². The Morgan fingerprint density at radius 2 is 1.86 bits per heavy atom. The van der Waals surface area contributed by atoms with E-state index in [1.165, 1.54) is 4.68 Å². The molecule has 10 nitrogen and oxygen atoms in total. The molecule has 222 valence electrons. The van der Waals surface area contributed by atoms with Gasteiger partial charge in [-0.05, 0) is 53.2 Å². The van der Waals surface area contributed by atoms with Gasteiger partial charge < -0.3 is 29.7 Å². The van der Waals surface area contributed by atoms with Crippen LogP contribution in [-0.2, 0) is 19.8 Å². The van der Waals surface area contributed by atoms with Gasteiger partial charge in [0.2, 0.25) is 5.89 Å². The molecule has 2 aromatic heterocycles. The van der Waals surface area contributed by atoms with Crippen LogP contribution in [0, 0.1) is 18.6 Å². The zero-order chi connectivity index (χ0) is 30.9. The molecule has 0 fully saturated rings. The highest BCUT2D eigenvalue weighted by Gasteiger charge is 2.31. The van der Waals surface area contributed by atoms with Gasteiger partial charge in [0, 0.05) is 18.3 Å². The van der Waals surface area contributed by atoms with Gasteiger partial charge in [0.1, 0.15) is 23.2 Å². The summed E-state index contributed by atoms with van der Waals surface area (Å²) in [7, 11) is 1.65. The van der Waals surface area contributed by atoms with Crippen LogP contribution < -0.4 is 15.6 Å². The molecule has 0 aliphatic carbocycles. The largest absolute Gasteiger partial charge is 0.530 e. The first-order valence-electron chi connectivity index (χ1n) is 11.9. The van der Waals surface area contributed by atoms with Gasteiger partial charge in [0.15, 0.2) is 22.3 Å². The van der Waals surface area contributed by atoms with Crippen LogP contribution in [0.25, 0.3) is 11.3 Å². The predicted molar refractivity (Wildman–Crippen MR) is 137 cm³/mol. The highest BCUT2D eigenvalue weighted by Crippen LogP contribution is 2.36. The average molecular weight is 657 g/mol. The number of halogens is 6. The molecule has 2 aromatic carbocycles. The van der Waals surface area contributed by atoms with E-state index in [2.05, 4.69) is 26.0 Å². The Hall–Kier alpha value is -4.47. The van der Waals surface area contributed by atoms with Crippen LogP contribution in [0.2, 0.25) is 0 Å². The van der Waals surface area contributed by atoms with Gasteiger partial charge in [-0.3, -0.25) is 9.48 Å². The Balaban J connectivity index is 1.74. The second kappa shape index (κ2) is 11.8. The lowest BCUT2D eigenvalue weighted by Crippen LogP contribution is -2.43. The van der Waals surface area contributed by atoms with Crippen molar-refractivity contribution in [3.63, 3.8) is 0 Å². The summed E-state index contributed by atoms with van der Waals surface area (Å²) in [4.78, 5) is 28.7. The molecule has 0 saturated carbocycles. The van der Waals surface area contributed by atoms with Crippen LogP contribution in [0.15, 0.2) is 51.6 Å². The number of benzene rings is 2. The van der Waals surface area contributed by atoms with E-state index in [4.69, 9.17) is 14.9 Å². The number of ether oxygens (including phenoxy) is 1. The molecular formula is C26H20BrF5N5O5-. The maximum Gasteiger partial charge on any atom is 0.416 e. The van der Waals surface area contributed by atoms with E-state index in [1.54, 1.807) is 20.0 Å². The summed E-state index contributed by atoms with van der Waals surface area (Å²) in [5.41, 5.74) is 4.36. The van der Waals surface area contributed by atoms with Crippen molar-refractivity contribution in [2.75, 3.05) is 6.54 Å². The second-order valence-corrected chi connectivity index (χ2v) is 9.72. The highest BCUT2D eigenvalue weighted by atomic mass is 79.9. The molecule has 0 aliphatic heterocycles. The van der Waals surface area contributed by atoms with E-state index in [-0.39, 0.29) is 28.4 Å². The van der Waals surface area contributed by atoms with Gasteiger partial charge in [-0.2, -0.15) is 18.3 Å². The third kappa shape index (κ3) is 6.53. The Morgan fingerprint density at radius 3 is 2.40 bits per heavy atom. The van der Waals surface area contributed by atoms with E-state index >= 15 is 4.39 Å². The van der Waals surface area contributed by atoms with E-state index < -0.39 is 59.3 Å². The zero-order valence-electron chi connectivity index (χ0n) is 21.7. The summed E-state index contributed by atoms with van der Waals surface area (Å²) in [6.45, 7) is 0.850. The van der Waals surface area contributed by atoms with Crippen LogP contribution in [0.3, 0.4) is 0 Å². The molecule has 0 radical (unpaired) electrons. The van der Waals surface area contributed by atoms with Crippen LogP contribution in [0.5, 0.6) is 5.75 Å². The van der Waals surface area contributed by atoms with Crippen molar-refractivity contribution in [1.82, 2.24) is 19.7 Å². The maximum absolute atomic E-state index is 15.1. The van der Waals surface area contributed by atoms with Crippen molar-refractivity contribution in [3.05, 3.63) is 87.2 Å². The van der Waals surface area contributed by atoms with Crippen molar-refractivity contribution in [3.8, 4) is 17.0 Å². The van der Waals surface area contributed by atoms with Crippen LogP contribution >= 0.6 is 15.9 Å². The topological polar surface area (TPSA) is 140 Å². The normalized spacial score (nSPS) is 12.3. The lowest BCUT2D eigenvalue weighted by Gasteiger charge is -2.28. The highest BCUT2D eigenvalue weighted by molar-refractivity contribution is 9.10. The molecule has 16 heteroatoms. The maximum atomic E-state index is 15.1. The molecular weight excluding hydrogens is 637 g/mol. The number of hydrogen-bond donors (Lipinski definition) is 1. The minimum Gasteiger partial charge on any atom is -0.530 e. The van der Waals surface area contributed by atoms with Crippen molar-refractivity contribution >= 4 is 27.9 Å². The number of aromatic nitrogens is 3. The monoisotopic (exact) mass is 656 g/mol. The Labute approximate surface area is 242 Å². The molecule has 42 heavy (non-hydrogen) atoms. The number of carboxylic acid groups (broad SMARTS) is 1. The fourth-order valence-corrected chi connectivity index (χ4v) is 4.41. The lowest BCUT2D eigenvalue weighted by molar-refractivity contribution is -0.267. The van der Waals surface area contributed by atoms with E-state index in [1.807, 2.05) is 0 Å². The van der Waals surface area contributed by atoms with Crippen LogP contribution in [0.4, 0.5) is 26.7 Å². The van der Waals surface area contributed by atoms with Gasteiger partial charge in [-0.1, -0.05) is 12.1 Å². The molecule has 2 amide bonds. The minimum atomic E-state index is -4.58. The number of primary amides is 1. The summed E-state index contributed by atoms with van der Waals surface area (Å²) in [6, 6.07) is 7.13. The molecule has 1 atom stereocenters. The number of alkyl halides is 3. The average Bonchev–Trinajstić information content (AvgIpc) is 3.44. The summed E-state index contributed by atoms with van der Waals surface area (Å²) in [5, 5.41) is 16.3. The third-order valence-electron chi connectivity index (χ3n) is 6.10. The number of oxazole rings is 1. The van der Waals surface area contributed by atoms with Crippen LogP contribution in [-0.4, -0.2) is 38.2 Å². The molecule has 0 saturated heterocycles. The van der Waals surface area contributed by atoms with E-state index in [0.717, 1.165) is 47.0 Å². The number of nitrogens with two attached hydrogens (primary N) is 1. The number of nitrogens with zero attached hydrogens (tertiary/aromatic N) is 4. The number of carbonyl (C=O) groups is 2. The fraction of sp³-hybridized carbons (Fsp3) is 0.231. The molecule has 0 bridgehead atoms.